The largest absolute Gasteiger partial charge is 0.378 e. The highest BCUT2D eigenvalue weighted by molar-refractivity contribution is 9.08. The number of hydrogen-bond donors (Lipinski definition) is 0. The zero-order chi connectivity index (χ0) is 9.14. The maximum Gasteiger partial charge on any atom is 0.0467 e. The molecule has 66 valence electrons. The van der Waals surface area contributed by atoms with Gasteiger partial charge in [0, 0.05) is 30.1 Å². The zero-order valence-corrected chi connectivity index (χ0v) is 9.48. The van der Waals surface area contributed by atoms with Crippen LogP contribution < -0.4 is 4.90 Å². The van der Waals surface area contributed by atoms with Crippen molar-refractivity contribution in [3.05, 3.63) is 28.8 Å². The predicted octanol–water partition coefficient (Wildman–Crippen LogP) is 3.30. The SMILES string of the molecule is CN(C)c1ccc(CBr)c(Cl)c1. The Labute approximate surface area is 86.5 Å². The number of benzene rings is 1. The van der Waals surface area contributed by atoms with E-state index in [4.69, 9.17) is 11.6 Å². The van der Waals surface area contributed by atoms with E-state index in [0.29, 0.717) is 0 Å². The number of anilines is 1. The van der Waals surface area contributed by atoms with Crippen LogP contribution in [0.2, 0.25) is 5.02 Å². The monoisotopic (exact) mass is 247 g/mol. The molecule has 0 radical (unpaired) electrons. The molecular formula is C9H11BrClN. The zero-order valence-electron chi connectivity index (χ0n) is 7.14. The van der Waals surface area contributed by atoms with Crippen LogP contribution in [0.1, 0.15) is 5.56 Å². The topological polar surface area (TPSA) is 3.24 Å². The average Bonchev–Trinajstić information content (AvgIpc) is 2.04. The lowest BCUT2D eigenvalue weighted by atomic mass is 10.2. The predicted molar refractivity (Wildman–Crippen MR) is 58.4 cm³/mol. The van der Waals surface area contributed by atoms with Crippen molar-refractivity contribution >= 4 is 33.2 Å². The number of nitrogens with zero attached hydrogens (tertiary/aromatic N) is 1. The van der Waals surface area contributed by atoms with E-state index in [9.17, 15) is 0 Å². The second kappa shape index (κ2) is 4.15. The molecule has 1 rings (SSSR count). The van der Waals surface area contributed by atoms with Gasteiger partial charge in [-0.25, -0.2) is 0 Å². The van der Waals surface area contributed by atoms with Crippen molar-refractivity contribution in [2.24, 2.45) is 0 Å². The molecule has 0 heterocycles. The Balaban J connectivity index is 3.02. The van der Waals surface area contributed by atoms with E-state index < -0.39 is 0 Å². The van der Waals surface area contributed by atoms with E-state index in [2.05, 4.69) is 22.0 Å². The van der Waals surface area contributed by atoms with Crippen molar-refractivity contribution in [1.82, 2.24) is 0 Å². The molecule has 0 aromatic heterocycles. The van der Waals surface area contributed by atoms with E-state index in [1.54, 1.807) is 0 Å². The molecule has 0 unspecified atom stereocenters. The summed E-state index contributed by atoms with van der Waals surface area (Å²) >= 11 is 9.39. The number of rotatable bonds is 2. The van der Waals surface area contributed by atoms with E-state index >= 15 is 0 Å². The van der Waals surface area contributed by atoms with Crippen molar-refractivity contribution in [2.45, 2.75) is 5.33 Å². The van der Waals surface area contributed by atoms with Crippen molar-refractivity contribution in [3.63, 3.8) is 0 Å². The van der Waals surface area contributed by atoms with Gasteiger partial charge in [-0.1, -0.05) is 33.6 Å². The molecule has 1 aromatic rings. The molecule has 0 bridgehead atoms. The molecule has 0 aliphatic rings. The molecule has 0 N–H and O–H groups in total. The summed E-state index contributed by atoms with van der Waals surface area (Å²) < 4.78 is 0. The van der Waals surface area contributed by atoms with Crippen molar-refractivity contribution in [2.75, 3.05) is 19.0 Å². The molecule has 0 saturated heterocycles. The normalized spacial score (nSPS) is 10.0. The fraction of sp³-hybridized carbons (Fsp3) is 0.333. The molecule has 12 heavy (non-hydrogen) atoms. The first kappa shape index (κ1) is 9.87. The van der Waals surface area contributed by atoms with Crippen LogP contribution in [0, 0.1) is 0 Å². The van der Waals surface area contributed by atoms with Crippen molar-refractivity contribution < 1.29 is 0 Å². The third kappa shape index (κ3) is 2.14. The lowest BCUT2D eigenvalue weighted by Crippen LogP contribution is -2.08. The van der Waals surface area contributed by atoms with Gasteiger partial charge in [-0.3, -0.25) is 0 Å². The summed E-state index contributed by atoms with van der Waals surface area (Å²) in [6.07, 6.45) is 0. The standard InChI is InChI=1S/C9H11BrClN/c1-12(2)8-4-3-7(6-10)9(11)5-8/h3-5H,6H2,1-2H3. The van der Waals surface area contributed by atoms with Gasteiger partial charge < -0.3 is 4.90 Å². The van der Waals surface area contributed by atoms with Crippen LogP contribution >= 0.6 is 27.5 Å². The third-order valence-electron chi connectivity index (χ3n) is 1.70. The van der Waals surface area contributed by atoms with Gasteiger partial charge in [0.15, 0.2) is 0 Å². The number of halogens is 2. The minimum atomic E-state index is 0.805. The summed E-state index contributed by atoms with van der Waals surface area (Å²) in [4.78, 5) is 2.03. The van der Waals surface area contributed by atoms with Gasteiger partial charge in [0.1, 0.15) is 0 Å². The maximum absolute atomic E-state index is 6.02. The summed E-state index contributed by atoms with van der Waals surface area (Å²) in [5, 5.41) is 1.62. The first-order valence-corrected chi connectivity index (χ1v) is 5.17. The Morgan fingerprint density at radius 1 is 1.42 bits per heavy atom. The lowest BCUT2D eigenvalue weighted by Gasteiger charge is -2.13. The number of hydrogen-bond acceptors (Lipinski definition) is 1. The summed E-state index contributed by atoms with van der Waals surface area (Å²) in [5.41, 5.74) is 2.26. The Bertz CT molecular complexity index is 273. The highest BCUT2D eigenvalue weighted by Crippen LogP contribution is 2.23. The number of alkyl halides is 1. The quantitative estimate of drug-likeness (QED) is 0.726. The summed E-state index contributed by atoms with van der Waals surface area (Å²) in [7, 11) is 4.00. The van der Waals surface area contributed by atoms with Gasteiger partial charge in [-0.15, -0.1) is 0 Å². The van der Waals surface area contributed by atoms with Gasteiger partial charge in [-0.05, 0) is 17.7 Å². The Hall–Kier alpha value is -0.210. The van der Waals surface area contributed by atoms with Crippen molar-refractivity contribution in [1.29, 1.82) is 0 Å². The first-order valence-electron chi connectivity index (χ1n) is 3.67. The highest BCUT2D eigenvalue weighted by atomic mass is 79.9. The van der Waals surface area contributed by atoms with Gasteiger partial charge in [0.05, 0.1) is 0 Å². The van der Waals surface area contributed by atoms with Crippen LogP contribution in [0.15, 0.2) is 18.2 Å². The van der Waals surface area contributed by atoms with Crippen LogP contribution in [0.3, 0.4) is 0 Å². The average molecular weight is 249 g/mol. The molecule has 1 aromatic carbocycles. The van der Waals surface area contributed by atoms with Gasteiger partial charge in [0.2, 0.25) is 0 Å². The van der Waals surface area contributed by atoms with Gasteiger partial charge in [0.25, 0.3) is 0 Å². The highest BCUT2D eigenvalue weighted by Gasteiger charge is 2.00. The van der Waals surface area contributed by atoms with E-state index in [-0.39, 0.29) is 0 Å². The van der Waals surface area contributed by atoms with Crippen molar-refractivity contribution in [3.8, 4) is 0 Å². The third-order valence-corrected chi connectivity index (χ3v) is 2.65. The summed E-state index contributed by atoms with van der Waals surface area (Å²) in [6.45, 7) is 0. The summed E-state index contributed by atoms with van der Waals surface area (Å²) in [5.74, 6) is 0. The second-order valence-corrected chi connectivity index (χ2v) is 3.77. The molecule has 0 atom stereocenters. The Morgan fingerprint density at radius 2 is 2.08 bits per heavy atom. The van der Waals surface area contributed by atoms with E-state index in [1.807, 2.05) is 31.1 Å². The lowest BCUT2D eigenvalue weighted by molar-refractivity contribution is 1.13. The van der Waals surface area contributed by atoms with Crippen LogP contribution in [0.5, 0.6) is 0 Å². The van der Waals surface area contributed by atoms with E-state index in [1.165, 1.54) is 0 Å². The summed E-state index contributed by atoms with van der Waals surface area (Å²) in [6, 6.07) is 6.06. The Morgan fingerprint density at radius 3 is 2.50 bits per heavy atom. The molecule has 0 saturated carbocycles. The van der Waals surface area contributed by atoms with Crippen LogP contribution in [0.25, 0.3) is 0 Å². The fourth-order valence-electron chi connectivity index (χ4n) is 0.923. The van der Waals surface area contributed by atoms with Crippen LogP contribution in [0.4, 0.5) is 5.69 Å². The minimum Gasteiger partial charge on any atom is -0.378 e. The molecule has 0 amide bonds. The molecule has 0 fully saturated rings. The van der Waals surface area contributed by atoms with Gasteiger partial charge in [-0.2, -0.15) is 0 Å². The Kier molecular flexibility index (Phi) is 3.41. The second-order valence-electron chi connectivity index (χ2n) is 2.80. The molecule has 0 aliphatic heterocycles. The molecule has 0 aliphatic carbocycles. The van der Waals surface area contributed by atoms with Crippen LogP contribution in [-0.4, -0.2) is 14.1 Å². The maximum atomic E-state index is 6.02. The van der Waals surface area contributed by atoms with Crippen LogP contribution in [-0.2, 0) is 5.33 Å². The minimum absolute atomic E-state index is 0.805. The van der Waals surface area contributed by atoms with Gasteiger partial charge >= 0.3 is 0 Å². The molecule has 3 heteroatoms. The molecule has 0 spiro atoms. The molecular weight excluding hydrogens is 237 g/mol. The fourth-order valence-corrected chi connectivity index (χ4v) is 1.81. The van der Waals surface area contributed by atoms with E-state index in [0.717, 1.165) is 21.6 Å². The first-order chi connectivity index (χ1) is 5.65. The molecule has 1 nitrogen and oxygen atoms in total. The smallest absolute Gasteiger partial charge is 0.0467 e.